The molecule has 0 saturated carbocycles. The lowest BCUT2D eigenvalue weighted by Crippen LogP contribution is -2.36. The molecule has 1 aromatic carbocycles. The highest BCUT2D eigenvalue weighted by Crippen LogP contribution is 2.23. The zero-order chi connectivity index (χ0) is 20.5. The quantitative estimate of drug-likeness (QED) is 0.501. The van der Waals surface area contributed by atoms with Crippen molar-refractivity contribution in [3.8, 4) is 5.75 Å². The molecule has 0 unspecified atom stereocenters. The number of aromatic nitrogens is 3. The SMILES string of the molecule is COc1ccc(Br)cc1CNC(=O)[C@@H](C)n1c(=O)c2cccn2c2cccnc21. The molecule has 7 nitrogen and oxygen atoms in total. The van der Waals surface area contributed by atoms with E-state index in [2.05, 4.69) is 26.2 Å². The first-order chi connectivity index (χ1) is 14.0. The van der Waals surface area contributed by atoms with Crippen LogP contribution in [0.25, 0.3) is 16.7 Å². The van der Waals surface area contributed by atoms with Crippen molar-refractivity contribution >= 4 is 38.5 Å². The van der Waals surface area contributed by atoms with Gasteiger partial charge in [-0.3, -0.25) is 14.2 Å². The summed E-state index contributed by atoms with van der Waals surface area (Å²) in [5.74, 6) is 0.400. The summed E-state index contributed by atoms with van der Waals surface area (Å²) < 4.78 is 9.48. The molecule has 1 amide bonds. The summed E-state index contributed by atoms with van der Waals surface area (Å²) >= 11 is 3.43. The Labute approximate surface area is 175 Å². The van der Waals surface area contributed by atoms with Gasteiger partial charge in [-0.15, -0.1) is 0 Å². The predicted molar refractivity (Wildman–Crippen MR) is 114 cm³/mol. The van der Waals surface area contributed by atoms with Crippen LogP contribution in [0.3, 0.4) is 0 Å². The number of hydrogen-bond donors (Lipinski definition) is 1. The summed E-state index contributed by atoms with van der Waals surface area (Å²) in [5.41, 5.74) is 2.30. The number of nitrogens with zero attached hydrogens (tertiary/aromatic N) is 3. The van der Waals surface area contributed by atoms with Gasteiger partial charge in [-0.1, -0.05) is 15.9 Å². The second-order valence-corrected chi connectivity index (χ2v) is 7.55. The third-order valence-electron chi connectivity index (χ3n) is 4.90. The number of fused-ring (bicyclic) bond motifs is 3. The molecule has 0 radical (unpaired) electrons. The number of nitrogens with one attached hydrogen (secondary N) is 1. The molecule has 0 aliphatic carbocycles. The topological polar surface area (TPSA) is 77.6 Å². The highest BCUT2D eigenvalue weighted by Gasteiger charge is 2.21. The lowest BCUT2D eigenvalue weighted by molar-refractivity contribution is -0.124. The van der Waals surface area contributed by atoms with E-state index in [4.69, 9.17) is 4.74 Å². The number of methoxy groups -OCH3 is 1. The van der Waals surface area contributed by atoms with Gasteiger partial charge < -0.3 is 14.5 Å². The van der Waals surface area contributed by atoms with E-state index in [1.807, 2.05) is 30.5 Å². The van der Waals surface area contributed by atoms with Crippen LogP contribution in [0.5, 0.6) is 5.75 Å². The molecule has 4 aromatic rings. The number of ether oxygens (including phenoxy) is 1. The van der Waals surface area contributed by atoms with E-state index >= 15 is 0 Å². The monoisotopic (exact) mass is 454 g/mol. The Balaban J connectivity index is 1.69. The molecule has 0 aliphatic rings. The van der Waals surface area contributed by atoms with Crippen molar-refractivity contribution in [1.29, 1.82) is 0 Å². The second-order valence-electron chi connectivity index (χ2n) is 6.63. The average Bonchev–Trinajstić information content (AvgIpc) is 3.23. The molecule has 8 heteroatoms. The van der Waals surface area contributed by atoms with Crippen molar-refractivity contribution in [2.45, 2.75) is 19.5 Å². The van der Waals surface area contributed by atoms with Crippen molar-refractivity contribution < 1.29 is 9.53 Å². The van der Waals surface area contributed by atoms with Gasteiger partial charge in [0.15, 0.2) is 5.65 Å². The van der Waals surface area contributed by atoms with Crippen LogP contribution in [0, 0.1) is 0 Å². The van der Waals surface area contributed by atoms with Gasteiger partial charge in [-0.25, -0.2) is 4.98 Å². The van der Waals surface area contributed by atoms with Gasteiger partial charge in [-0.05, 0) is 49.4 Å². The van der Waals surface area contributed by atoms with Crippen molar-refractivity contribution in [1.82, 2.24) is 19.3 Å². The van der Waals surface area contributed by atoms with Gasteiger partial charge in [-0.2, -0.15) is 0 Å². The number of benzene rings is 1. The van der Waals surface area contributed by atoms with Gasteiger partial charge in [0.25, 0.3) is 5.56 Å². The minimum Gasteiger partial charge on any atom is -0.496 e. The molecule has 3 aromatic heterocycles. The molecule has 0 saturated heterocycles. The minimum absolute atomic E-state index is 0.260. The minimum atomic E-state index is -0.738. The molecule has 0 aliphatic heterocycles. The van der Waals surface area contributed by atoms with Gasteiger partial charge in [0, 0.05) is 29.0 Å². The fraction of sp³-hybridized carbons (Fsp3) is 0.190. The predicted octanol–water partition coefficient (Wildman–Crippen LogP) is 3.30. The molecule has 1 N–H and O–H groups in total. The summed E-state index contributed by atoms with van der Waals surface area (Å²) in [5, 5.41) is 2.90. The van der Waals surface area contributed by atoms with Crippen LogP contribution < -0.4 is 15.6 Å². The highest BCUT2D eigenvalue weighted by molar-refractivity contribution is 9.10. The number of hydrogen-bond acceptors (Lipinski definition) is 4. The highest BCUT2D eigenvalue weighted by atomic mass is 79.9. The largest absolute Gasteiger partial charge is 0.496 e. The first kappa shape index (κ1) is 19.2. The molecular formula is C21H19BrN4O3. The maximum absolute atomic E-state index is 13.1. The van der Waals surface area contributed by atoms with Crippen LogP contribution in [-0.4, -0.2) is 27.0 Å². The van der Waals surface area contributed by atoms with Crippen LogP contribution in [0.1, 0.15) is 18.5 Å². The molecule has 148 valence electrons. The maximum Gasteiger partial charge on any atom is 0.277 e. The Bertz CT molecular complexity index is 1280. The molecule has 0 bridgehead atoms. The molecule has 1 atom stereocenters. The third kappa shape index (κ3) is 3.40. The fourth-order valence-electron chi connectivity index (χ4n) is 3.44. The number of rotatable bonds is 5. The van der Waals surface area contributed by atoms with Crippen molar-refractivity contribution in [2.24, 2.45) is 0 Å². The Morgan fingerprint density at radius 1 is 1.24 bits per heavy atom. The summed E-state index contributed by atoms with van der Waals surface area (Å²) in [6.07, 6.45) is 3.43. The van der Waals surface area contributed by atoms with E-state index in [9.17, 15) is 9.59 Å². The summed E-state index contributed by atoms with van der Waals surface area (Å²) in [6, 6.07) is 12.1. The Hall–Kier alpha value is -3.13. The first-order valence-corrected chi connectivity index (χ1v) is 9.87. The second kappa shape index (κ2) is 7.71. The van der Waals surface area contributed by atoms with Crippen molar-refractivity contribution in [2.75, 3.05) is 7.11 Å². The van der Waals surface area contributed by atoms with Crippen molar-refractivity contribution in [3.63, 3.8) is 0 Å². The number of carbonyl (C=O) groups excluding carboxylic acids is 1. The number of amides is 1. The molecular weight excluding hydrogens is 436 g/mol. The number of halogens is 1. The molecule has 0 spiro atoms. The zero-order valence-corrected chi connectivity index (χ0v) is 17.5. The van der Waals surface area contributed by atoms with Crippen LogP contribution in [0.15, 0.2) is 64.1 Å². The molecule has 3 heterocycles. The van der Waals surface area contributed by atoms with E-state index in [1.165, 1.54) is 4.57 Å². The van der Waals surface area contributed by atoms with E-state index in [0.29, 0.717) is 16.9 Å². The lowest BCUT2D eigenvalue weighted by Gasteiger charge is -2.18. The summed E-state index contributed by atoms with van der Waals surface area (Å²) in [7, 11) is 1.58. The molecule has 4 rings (SSSR count). The number of pyridine rings is 1. The fourth-order valence-corrected chi connectivity index (χ4v) is 3.85. The Morgan fingerprint density at radius 3 is 2.83 bits per heavy atom. The normalized spacial score (nSPS) is 12.2. The standard InChI is InChI=1S/C21H19BrN4O3/c1-13(20(27)24-12-14-11-15(22)7-8-18(14)29-2)26-19-16(5-3-9-23-19)25-10-4-6-17(25)21(26)28/h3-11,13H,12H2,1-2H3,(H,24,27)/t13-/m1/s1. The van der Waals surface area contributed by atoms with E-state index in [1.54, 1.807) is 42.8 Å². The summed E-state index contributed by atoms with van der Waals surface area (Å²) in [6.45, 7) is 1.97. The molecule has 0 fully saturated rings. The smallest absolute Gasteiger partial charge is 0.277 e. The third-order valence-corrected chi connectivity index (χ3v) is 5.40. The van der Waals surface area contributed by atoms with Gasteiger partial charge in [0.1, 0.15) is 17.3 Å². The van der Waals surface area contributed by atoms with Crippen LogP contribution in [-0.2, 0) is 11.3 Å². The van der Waals surface area contributed by atoms with Crippen LogP contribution in [0.2, 0.25) is 0 Å². The first-order valence-electron chi connectivity index (χ1n) is 9.07. The maximum atomic E-state index is 13.1. The van der Waals surface area contributed by atoms with Gasteiger partial charge in [0.05, 0.1) is 12.6 Å². The lowest BCUT2D eigenvalue weighted by atomic mass is 10.2. The van der Waals surface area contributed by atoms with E-state index in [0.717, 1.165) is 15.6 Å². The van der Waals surface area contributed by atoms with Gasteiger partial charge >= 0.3 is 0 Å². The van der Waals surface area contributed by atoms with E-state index < -0.39 is 6.04 Å². The summed E-state index contributed by atoms with van der Waals surface area (Å²) in [4.78, 5) is 30.3. The Morgan fingerprint density at radius 2 is 2.03 bits per heavy atom. The number of carbonyl (C=O) groups is 1. The van der Waals surface area contributed by atoms with Crippen molar-refractivity contribution in [3.05, 3.63) is 75.2 Å². The average molecular weight is 455 g/mol. The zero-order valence-electron chi connectivity index (χ0n) is 15.9. The molecule has 29 heavy (non-hydrogen) atoms. The van der Waals surface area contributed by atoms with Crippen LogP contribution in [0.4, 0.5) is 0 Å². The Kier molecular flexibility index (Phi) is 5.10. The van der Waals surface area contributed by atoms with Gasteiger partial charge in [0.2, 0.25) is 5.91 Å². The van der Waals surface area contributed by atoms with Crippen LogP contribution >= 0.6 is 15.9 Å². The van der Waals surface area contributed by atoms with E-state index in [-0.39, 0.29) is 18.0 Å².